The zero-order chi connectivity index (χ0) is 14.8. The van der Waals surface area contributed by atoms with E-state index in [1.165, 1.54) is 0 Å². The fraction of sp³-hybridized carbons (Fsp3) is 0.375. The van der Waals surface area contributed by atoms with E-state index in [0.717, 1.165) is 29.4 Å². The SMILES string of the molecule is C=Cc1ccc(N2C[C@@H](Cc3cc(C)no3)[C@@H](O)C2)nc1. The average molecular weight is 285 g/mol. The zero-order valence-electron chi connectivity index (χ0n) is 12.1. The summed E-state index contributed by atoms with van der Waals surface area (Å²) in [5, 5.41) is 14.1. The van der Waals surface area contributed by atoms with Crippen LogP contribution in [0.5, 0.6) is 0 Å². The number of hydrogen-bond acceptors (Lipinski definition) is 5. The summed E-state index contributed by atoms with van der Waals surface area (Å²) in [6.07, 6.45) is 3.88. The molecule has 5 nitrogen and oxygen atoms in total. The van der Waals surface area contributed by atoms with E-state index in [4.69, 9.17) is 4.52 Å². The second-order valence-corrected chi connectivity index (χ2v) is 5.52. The van der Waals surface area contributed by atoms with Crippen molar-refractivity contribution in [1.29, 1.82) is 0 Å². The van der Waals surface area contributed by atoms with Gasteiger partial charge in [0, 0.05) is 37.7 Å². The maximum absolute atomic E-state index is 10.2. The summed E-state index contributed by atoms with van der Waals surface area (Å²) < 4.78 is 5.24. The van der Waals surface area contributed by atoms with E-state index in [1.54, 1.807) is 12.3 Å². The van der Waals surface area contributed by atoms with Crippen molar-refractivity contribution in [3.05, 3.63) is 48.0 Å². The van der Waals surface area contributed by atoms with E-state index in [2.05, 4.69) is 21.6 Å². The summed E-state index contributed by atoms with van der Waals surface area (Å²) >= 11 is 0. The van der Waals surface area contributed by atoms with Crippen molar-refractivity contribution in [2.45, 2.75) is 19.4 Å². The maximum Gasteiger partial charge on any atom is 0.137 e. The minimum atomic E-state index is -0.378. The zero-order valence-corrected chi connectivity index (χ0v) is 12.1. The molecule has 3 rings (SSSR count). The molecule has 1 aliphatic rings. The predicted octanol–water partition coefficient (Wildman–Crippen LogP) is 2.06. The molecule has 1 aliphatic heterocycles. The van der Waals surface area contributed by atoms with Gasteiger partial charge in [-0.15, -0.1) is 0 Å². The molecule has 2 aromatic heterocycles. The number of β-amino-alcohol motifs (C(OH)–C–C–N with tert-alkyl or cyclic N) is 1. The third kappa shape index (κ3) is 2.97. The van der Waals surface area contributed by atoms with Crippen LogP contribution >= 0.6 is 0 Å². The molecule has 21 heavy (non-hydrogen) atoms. The Labute approximate surface area is 123 Å². The summed E-state index contributed by atoms with van der Waals surface area (Å²) in [4.78, 5) is 6.52. The molecule has 0 amide bonds. The summed E-state index contributed by atoms with van der Waals surface area (Å²) in [5.74, 6) is 1.85. The first-order chi connectivity index (χ1) is 10.2. The fourth-order valence-corrected chi connectivity index (χ4v) is 2.72. The number of pyridine rings is 1. The first-order valence-corrected chi connectivity index (χ1v) is 7.09. The molecule has 0 spiro atoms. The Kier molecular flexibility index (Phi) is 3.75. The van der Waals surface area contributed by atoms with E-state index in [-0.39, 0.29) is 12.0 Å². The molecule has 0 bridgehead atoms. The van der Waals surface area contributed by atoms with Gasteiger partial charge in [0.2, 0.25) is 0 Å². The van der Waals surface area contributed by atoms with Gasteiger partial charge in [-0.2, -0.15) is 0 Å². The van der Waals surface area contributed by atoms with Gasteiger partial charge in [0.1, 0.15) is 11.6 Å². The van der Waals surface area contributed by atoms with Crippen LogP contribution in [-0.2, 0) is 6.42 Å². The van der Waals surface area contributed by atoms with Crippen molar-refractivity contribution in [1.82, 2.24) is 10.1 Å². The highest BCUT2D eigenvalue weighted by Crippen LogP contribution is 2.25. The van der Waals surface area contributed by atoms with Crippen LogP contribution in [0, 0.1) is 12.8 Å². The van der Waals surface area contributed by atoms with Crippen molar-refractivity contribution >= 4 is 11.9 Å². The van der Waals surface area contributed by atoms with Gasteiger partial charge >= 0.3 is 0 Å². The lowest BCUT2D eigenvalue weighted by Gasteiger charge is -2.16. The molecular weight excluding hydrogens is 266 g/mol. The van der Waals surface area contributed by atoms with E-state index in [1.807, 2.05) is 25.1 Å². The van der Waals surface area contributed by atoms with Gasteiger partial charge in [0.25, 0.3) is 0 Å². The highest BCUT2D eigenvalue weighted by atomic mass is 16.5. The summed E-state index contributed by atoms with van der Waals surface area (Å²) in [7, 11) is 0. The van der Waals surface area contributed by atoms with Gasteiger partial charge in [-0.25, -0.2) is 4.98 Å². The topological polar surface area (TPSA) is 62.4 Å². The standard InChI is InChI=1S/C16H19N3O2/c1-3-12-4-5-16(17-8-12)19-9-13(15(20)10-19)7-14-6-11(2)18-21-14/h3-6,8,13,15,20H,1,7,9-10H2,2H3/t13-,15+/m1/s1. The van der Waals surface area contributed by atoms with E-state index < -0.39 is 0 Å². The average Bonchev–Trinajstić information content (AvgIpc) is 3.06. The summed E-state index contributed by atoms with van der Waals surface area (Å²) in [6.45, 7) is 6.98. The Morgan fingerprint density at radius 1 is 1.48 bits per heavy atom. The molecule has 0 saturated carbocycles. The summed E-state index contributed by atoms with van der Waals surface area (Å²) in [6, 6.07) is 5.87. The lowest BCUT2D eigenvalue weighted by atomic mass is 10.0. The van der Waals surface area contributed by atoms with Crippen LogP contribution in [0.15, 0.2) is 35.5 Å². The number of aromatic nitrogens is 2. The lowest BCUT2D eigenvalue weighted by molar-refractivity contribution is 0.143. The van der Waals surface area contributed by atoms with Gasteiger partial charge in [0.15, 0.2) is 0 Å². The lowest BCUT2D eigenvalue weighted by Crippen LogP contribution is -2.21. The molecule has 3 heterocycles. The van der Waals surface area contributed by atoms with E-state index in [0.29, 0.717) is 13.0 Å². The molecule has 1 saturated heterocycles. The smallest absolute Gasteiger partial charge is 0.137 e. The minimum Gasteiger partial charge on any atom is -0.391 e. The van der Waals surface area contributed by atoms with Crippen LogP contribution in [0.1, 0.15) is 17.0 Å². The number of rotatable bonds is 4. The highest BCUT2D eigenvalue weighted by molar-refractivity contribution is 5.50. The molecule has 1 N–H and O–H groups in total. The van der Waals surface area contributed by atoms with Crippen LogP contribution in [0.4, 0.5) is 5.82 Å². The number of hydrogen-bond donors (Lipinski definition) is 1. The van der Waals surface area contributed by atoms with Crippen molar-refractivity contribution in [3.8, 4) is 0 Å². The molecule has 0 unspecified atom stereocenters. The number of nitrogens with zero attached hydrogens (tertiary/aromatic N) is 3. The normalized spacial score (nSPS) is 21.7. The van der Waals surface area contributed by atoms with Crippen LogP contribution < -0.4 is 4.90 Å². The van der Waals surface area contributed by atoms with Gasteiger partial charge in [-0.05, 0) is 24.6 Å². The molecule has 0 radical (unpaired) electrons. The Hall–Kier alpha value is -2.14. The Morgan fingerprint density at radius 2 is 2.33 bits per heavy atom. The molecule has 2 atom stereocenters. The second-order valence-electron chi connectivity index (χ2n) is 5.52. The van der Waals surface area contributed by atoms with E-state index >= 15 is 0 Å². The van der Waals surface area contributed by atoms with Gasteiger partial charge in [0.05, 0.1) is 11.8 Å². The fourth-order valence-electron chi connectivity index (χ4n) is 2.72. The Bertz CT molecular complexity index is 621. The molecule has 0 aliphatic carbocycles. The summed E-state index contributed by atoms with van der Waals surface area (Å²) in [5.41, 5.74) is 1.86. The Balaban J connectivity index is 1.68. The van der Waals surface area contributed by atoms with Gasteiger partial charge in [-0.3, -0.25) is 0 Å². The van der Waals surface area contributed by atoms with Crippen LogP contribution in [0.3, 0.4) is 0 Å². The van der Waals surface area contributed by atoms with Gasteiger partial charge in [-0.1, -0.05) is 17.8 Å². The quantitative estimate of drug-likeness (QED) is 0.931. The monoisotopic (exact) mass is 285 g/mol. The molecule has 110 valence electrons. The molecule has 5 heteroatoms. The van der Waals surface area contributed by atoms with Crippen LogP contribution in [0.2, 0.25) is 0 Å². The largest absolute Gasteiger partial charge is 0.391 e. The predicted molar refractivity (Wildman–Crippen MR) is 81.0 cm³/mol. The third-order valence-electron chi connectivity index (χ3n) is 3.88. The van der Waals surface area contributed by atoms with Gasteiger partial charge < -0.3 is 14.5 Å². The number of aliphatic hydroxyl groups is 1. The molecular formula is C16H19N3O2. The van der Waals surface area contributed by atoms with Crippen molar-refractivity contribution < 1.29 is 9.63 Å². The van der Waals surface area contributed by atoms with Crippen LogP contribution in [0.25, 0.3) is 6.08 Å². The van der Waals surface area contributed by atoms with Crippen LogP contribution in [-0.4, -0.2) is 34.4 Å². The molecule has 2 aromatic rings. The molecule has 0 aromatic carbocycles. The number of aliphatic hydroxyl groups excluding tert-OH is 1. The first kappa shape index (κ1) is 13.8. The van der Waals surface area contributed by atoms with E-state index in [9.17, 15) is 5.11 Å². The number of anilines is 1. The number of aryl methyl sites for hydroxylation is 1. The van der Waals surface area contributed by atoms with Crippen molar-refractivity contribution in [2.75, 3.05) is 18.0 Å². The highest BCUT2D eigenvalue weighted by Gasteiger charge is 2.32. The third-order valence-corrected chi connectivity index (χ3v) is 3.88. The minimum absolute atomic E-state index is 0.137. The van der Waals surface area contributed by atoms with Crippen molar-refractivity contribution in [3.63, 3.8) is 0 Å². The molecule has 1 fully saturated rings. The maximum atomic E-state index is 10.2. The Morgan fingerprint density at radius 3 is 2.95 bits per heavy atom. The second kappa shape index (κ2) is 5.69. The first-order valence-electron chi connectivity index (χ1n) is 7.09. The van der Waals surface area contributed by atoms with Crippen molar-refractivity contribution in [2.24, 2.45) is 5.92 Å².